The van der Waals surface area contributed by atoms with Gasteiger partial charge in [0.25, 0.3) is 5.91 Å². The lowest BCUT2D eigenvalue weighted by Gasteiger charge is -2.31. The highest BCUT2D eigenvalue weighted by atomic mass is 35.5. The van der Waals surface area contributed by atoms with E-state index in [1.54, 1.807) is 17.3 Å². The van der Waals surface area contributed by atoms with E-state index in [0.717, 1.165) is 49.0 Å². The van der Waals surface area contributed by atoms with Gasteiger partial charge in [-0.3, -0.25) is 9.36 Å². The second-order valence-electron chi connectivity index (χ2n) is 9.41. The molecule has 0 bridgehead atoms. The second kappa shape index (κ2) is 8.01. The van der Waals surface area contributed by atoms with E-state index >= 15 is 0 Å². The Kier molecular flexibility index (Phi) is 5.05. The normalized spacial score (nSPS) is 21.6. The van der Waals surface area contributed by atoms with Crippen LogP contribution in [0, 0.1) is 0 Å². The molecule has 0 spiro atoms. The molecule has 2 aromatic heterocycles. The van der Waals surface area contributed by atoms with Crippen LogP contribution in [0.25, 0.3) is 5.69 Å². The molecule has 1 aliphatic carbocycles. The first-order valence-electron chi connectivity index (χ1n) is 11.7. The molecule has 4 heterocycles. The van der Waals surface area contributed by atoms with Gasteiger partial charge in [-0.2, -0.15) is 0 Å². The Morgan fingerprint density at radius 2 is 1.82 bits per heavy atom. The molecule has 176 valence electrons. The number of halogens is 2. The molecule has 6 rings (SSSR count). The second-order valence-corrected chi connectivity index (χ2v) is 9.85. The summed E-state index contributed by atoms with van der Waals surface area (Å²) in [5.74, 6) is 1.98. The Morgan fingerprint density at radius 1 is 1.12 bits per heavy atom. The van der Waals surface area contributed by atoms with Gasteiger partial charge in [0, 0.05) is 43.0 Å². The highest BCUT2D eigenvalue weighted by Crippen LogP contribution is 2.45. The van der Waals surface area contributed by atoms with Gasteiger partial charge in [0.2, 0.25) is 5.95 Å². The van der Waals surface area contributed by atoms with Crippen molar-refractivity contribution < 1.29 is 9.18 Å². The number of piperidine rings is 1. The van der Waals surface area contributed by atoms with Crippen LogP contribution in [0.1, 0.15) is 61.8 Å². The van der Waals surface area contributed by atoms with Crippen molar-refractivity contribution in [3.05, 3.63) is 58.9 Å². The third-order valence-corrected chi connectivity index (χ3v) is 7.44. The predicted molar refractivity (Wildman–Crippen MR) is 125 cm³/mol. The average molecular weight is 482 g/mol. The minimum absolute atomic E-state index is 0.190. The van der Waals surface area contributed by atoms with Crippen LogP contribution in [0.4, 0.5) is 10.3 Å². The van der Waals surface area contributed by atoms with E-state index in [1.807, 2.05) is 31.2 Å². The summed E-state index contributed by atoms with van der Waals surface area (Å²) >= 11 is 6.32. The summed E-state index contributed by atoms with van der Waals surface area (Å²) in [6, 6.07) is 7.04. The number of anilines is 1. The number of benzene rings is 1. The predicted octanol–water partition coefficient (Wildman–Crippen LogP) is 4.00. The zero-order valence-corrected chi connectivity index (χ0v) is 19.6. The molecular formula is C24H25ClFN7O. The first-order chi connectivity index (χ1) is 16.4. The molecule has 34 heavy (non-hydrogen) atoms. The van der Waals surface area contributed by atoms with E-state index in [1.165, 1.54) is 0 Å². The fourth-order valence-electron chi connectivity index (χ4n) is 5.07. The van der Waals surface area contributed by atoms with Gasteiger partial charge < -0.3 is 9.80 Å². The Bertz CT molecular complexity index is 1240. The van der Waals surface area contributed by atoms with Crippen LogP contribution in [-0.4, -0.2) is 54.3 Å². The van der Waals surface area contributed by atoms with Crippen molar-refractivity contribution in [2.45, 2.75) is 56.8 Å². The number of hydrogen-bond acceptors (Lipinski definition) is 6. The Hall–Kier alpha value is -3.07. The molecule has 0 radical (unpaired) electrons. The molecule has 1 unspecified atom stereocenters. The number of alkyl halides is 1. The molecule has 1 aromatic carbocycles. The minimum atomic E-state index is -1.75. The van der Waals surface area contributed by atoms with Gasteiger partial charge in [0.05, 0.1) is 11.7 Å². The van der Waals surface area contributed by atoms with Crippen molar-refractivity contribution in [1.29, 1.82) is 0 Å². The van der Waals surface area contributed by atoms with E-state index in [2.05, 4.69) is 29.6 Å². The third kappa shape index (κ3) is 3.53. The standard InChI is InChI=1S/C24H25ClFN7O/c1-15-20-29-30-21(16-5-11-31(12-6-16)23-27-9-2-10-28-23)33(20)19-4-3-18(25)13-17(19)14-32(15)22(34)24(26)7-8-24/h2-4,9-10,13,15-16H,5-8,11-12,14H2,1H3. The van der Waals surface area contributed by atoms with Crippen LogP contribution in [0.15, 0.2) is 36.7 Å². The average Bonchev–Trinajstić information content (AvgIpc) is 3.49. The number of nitrogens with zero attached hydrogens (tertiary/aromatic N) is 7. The fraction of sp³-hybridized carbons (Fsp3) is 0.458. The molecule has 1 atom stereocenters. The Balaban J connectivity index is 1.36. The quantitative estimate of drug-likeness (QED) is 0.562. The van der Waals surface area contributed by atoms with Crippen LogP contribution in [0.2, 0.25) is 5.02 Å². The van der Waals surface area contributed by atoms with Crippen molar-refractivity contribution in [3.8, 4) is 5.69 Å². The summed E-state index contributed by atoms with van der Waals surface area (Å²) < 4.78 is 16.9. The van der Waals surface area contributed by atoms with Gasteiger partial charge in [-0.1, -0.05) is 11.6 Å². The number of amides is 1. The molecule has 1 amide bonds. The van der Waals surface area contributed by atoms with Crippen LogP contribution in [0.3, 0.4) is 0 Å². The van der Waals surface area contributed by atoms with E-state index in [0.29, 0.717) is 10.8 Å². The van der Waals surface area contributed by atoms with Crippen molar-refractivity contribution in [3.63, 3.8) is 0 Å². The smallest absolute Gasteiger partial charge is 0.261 e. The summed E-state index contributed by atoms with van der Waals surface area (Å²) in [5.41, 5.74) is 0.0168. The first-order valence-corrected chi connectivity index (χ1v) is 12.1. The van der Waals surface area contributed by atoms with Crippen molar-refractivity contribution in [2.24, 2.45) is 0 Å². The van der Waals surface area contributed by atoms with Gasteiger partial charge in [-0.15, -0.1) is 10.2 Å². The van der Waals surface area contributed by atoms with Crippen molar-refractivity contribution in [2.75, 3.05) is 18.0 Å². The summed E-state index contributed by atoms with van der Waals surface area (Å²) in [6.07, 6.45) is 5.82. The van der Waals surface area contributed by atoms with E-state index < -0.39 is 17.6 Å². The van der Waals surface area contributed by atoms with Gasteiger partial charge >= 0.3 is 0 Å². The molecule has 8 nitrogen and oxygen atoms in total. The van der Waals surface area contributed by atoms with E-state index in [4.69, 9.17) is 11.6 Å². The number of aromatic nitrogens is 5. The van der Waals surface area contributed by atoms with Crippen LogP contribution in [-0.2, 0) is 11.3 Å². The van der Waals surface area contributed by atoms with E-state index in [9.17, 15) is 9.18 Å². The maximum atomic E-state index is 14.8. The SMILES string of the molecule is CC1c2nnc(C3CCN(c4ncccn4)CC3)n2-c2ccc(Cl)cc2CN1C(=O)C1(F)CC1. The number of carbonyl (C=O) groups excluding carboxylic acids is 1. The molecule has 2 fully saturated rings. The summed E-state index contributed by atoms with van der Waals surface area (Å²) in [7, 11) is 0. The molecule has 10 heteroatoms. The molecule has 1 saturated heterocycles. The highest BCUT2D eigenvalue weighted by Gasteiger charge is 2.54. The lowest BCUT2D eigenvalue weighted by Crippen LogP contribution is -2.39. The topological polar surface area (TPSA) is 80.0 Å². The van der Waals surface area contributed by atoms with Crippen LogP contribution < -0.4 is 4.90 Å². The number of hydrogen-bond donors (Lipinski definition) is 0. The molecular weight excluding hydrogens is 457 g/mol. The monoisotopic (exact) mass is 481 g/mol. The van der Waals surface area contributed by atoms with Crippen molar-refractivity contribution in [1.82, 2.24) is 29.6 Å². The van der Waals surface area contributed by atoms with Crippen LogP contribution >= 0.6 is 11.6 Å². The summed E-state index contributed by atoms with van der Waals surface area (Å²) in [5, 5.41) is 9.71. The first kappa shape index (κ1) is 21.5. The summed E-state index contributed by atoms with van der Waals surface area (Å²) in [4.78, 5) is 25.6. The highest BCUT2D eigenvalue weighted by molar-refractivity contribution is 6.30. The van der Waals surface area contributed by atoms with E-state index in [-0.39, 0.29) is 25.3 Å². The molecule has 0 N–H and O–H groups in total. The maximum Gasteiger partial charge on any atom is 0.261 e. The zero-order chi connectivity index (χ0) is 23.4. The largest absolute Gasteiger partial charge is 0.341 e. The fourth-order valence-corrected chi connectivity index (χ4v) is 5.26. The Labute approximate surface area is 201 Å². The molecule has 1 saturated carbocycles. The Morgan fingerprint density at radius 3 is 2.53 bits per heavy atom. The zero-order valence-electron chi connectivity index (χ0n) is 18.9. The van der Waals surface area contributed by atoms with Gasteiger partial charge in [-0.05, 0) is 62.4 Å². The molecule has 3 aromatic rings. The summed E-state index contributed by atoms with van der Waals surface area (Å²) in [6.45, 7) is 3.81. The van der Waals surface area contributed by atoms with Gasteiger partial charge in [0.1, 0.15) is 5.82 Å². The van der Waals surface area contributed by atoms with Gasteiger partial charge in [-0.25, -0.2) is 14.4 Å². The number of rotatable bonds is 3. The molecule has 2 aliphatic heterocycles. The molecule has 3 aliphatic rings. The minimum Gasteiger partial charge on any atom is -0.341 e. The maximum absolute atomic E-state index is 14.8. The number of fused-ring (bicyclic) bond motifs is 3. The van der Waals surface area contributed by atoms with Crippen LogP contribution in [0.5, 0.6) is 0 Å². The lowest BCUT2D eigenvalue weighted by atomic mass is 9.95. The van der Waals surface area contributed by atoms with Gasteiger partial charge in [0.15, 0.2) is 11.5 Å². The number of carbonyl (C=O) groups is 1. The lowest BCUT2D eigenvalue weighted by molar-refractivity contribution is -0.141. The van der Waals surface area contributed by atoms with Crippen molar-refractivity contribution >= 4 is 23.5 Å². The third-order valence-electron chi connectivity index (χ3n) is 7.21.